The molecule has 0 atom stereocenters. The molecule has 0 aliphatic carbocycles. The number of carbonyl (C=O) groups excluding carboxylic acids is 3. The SMILES string of the molecule is CCCCCC(OC(=O)c1ccc(O)c(OC)c1)(OC(=O)c1ccc(O)c(OC)c1)OC(=O)c1ccc(O)c(OC)c1. The molecule has 0 saturated carbocycles. The summed E-state index contributed by atoms with van der Waals surface area (Å²) in [5.74, 6) is -6.52. The Hall–Kier alpha value is -5.13. The van der Waals surface area contributed by atoms with E-state index in [1.54, 1.807) is 0 Å². The molecule has 0 aliphatic rings. The summed E-state index contributed by atoms with van der Waals surface area (Å²) in [6.07, 6.45) is 1.39. The summed E-state index contributed by atoms with van der Waals surface area (Å²) in [7, 11) is 3.88. The van der Waals surface area contributed by atoms with Gasteiger partial charge in [-0.2, -0.15) is 0 Å². The Kier molecular flexibility index (Phi) is 10.4. The smallest absolute Gasteiger partial charge is 0.424 e. The fraction of sp³-hybridized carbons (Fsp3) is 0.300. The maximum Gasteiger partial charge on any atom is 0.424 e. The molecule has 0 bridgehead atoms. The molecule has 0 radical (unpaired) electrons. The lowest BCUT2D eigenvalue weighted by Crippen LogP contribution is -2.44. The van der Waals surface area contributed by atoms with Crippen LogP contribution in [0.4, 0.5) is 0 Å². The zero-order valence-corrected chi connectivity index (χ0v) is 23.5. The number of hydrogen-bond acceptors (Lipinski definition) is 12. The highest BCUT2D eigenvalue weighted by molar-refractivity contribution is 5.94. The van der Waals surface area contributed by atoms with Crippen LogP contribution < -0.4 is 14.2 Å². The number of hydrogen-bond donors (Lipinski definition) is 3. The monoisotopic (exact) mass is 584 g/mol. The Bertz CT molecular complexity index is 1270. The maximum absolute atomic E-state index is 13.4. The number of benzene rings is 3. The molecule has 0 heterocycles. The largest absolute Gasteiger partial charge is 0.504 e. The van der Waals surface area contributed by atoms with Crippen molar-refractivity contribution in [1.29, 1.82) is 0 Å². The first kappa shape index (κ1) is 31.4. The molecule has 12 heteroatoms. The van der Waals surface area contributed by atoms with Crippen LogP contribution in [0.15, 0.2) is 54.6 Å². The van der Waals surface area contributed by atoms with Gasteiger partial charge in [-0.1, -0.05) is 19.8 Å². The summed E-state index contributed by atoms with van der Waals surface area (Å²) in [6, 6.07) is 11.0. The molecule has 0 aliphatic heterocycles. The number of carbonyl (C=O) groups is 3. The summed E-state index contributed by atoms with van der Waals surface area (Å²) in [5.41, 5.74) is -0.308. The second-order valence-electron chi connectivity index (χ2n) is 8.97. The van der Waals surface area contributed by atoms with Crippen LogP contribution >= 0.6 is 0 Å². The predicted molar refractivity (Wildman–Crippen MR) is 147 cm³/mol. The number of aromatic hydroxyl groups is 3. The highest BCUT2D eigenvalue weighted by Gasteiger charge is 2.44. The number of methoxy groups -OCH3 is 3. The standard InChI is InChI=1S/C30H32O12/c1-5-6-7-14-30(40-27(34)18-8-11-21(31)24(15-18)37-2,41-28(35)19-9-12-22(32)25(16-19)38-3)42-29(36)20-10-13-23(33)26(17-20)39-4/h8-13,15-17,31-33H,5-7,14H2,1-4H3. The lowest BCUT2D eigenvalue weighted by atomic mass is 10.1. The number of ether oxygens (including phenoxy) is 6. The minimum atomic E-state index is -2.57. The summed E-state index contributed by atoms with van der Waals surface area (Å²) >= 11 is 0. The lowest BCUT2D eigenvalue weighted by molar-refractivity contribution is -0.304. The first-order valence-electron chi connectivity index (χ1n) is 12.9. The highest BCUT2D eigenvalue weighted by Crippen LogP contribution is 2.33. The van der Waals surface area contributed by atoms with Crippen LogP contribution in [0.2, 0.25) is 0 Å². The molecule has 0 aromatic heterocycles. The number of esters is 3. The molecule has 3 N–H and O–H groups in total. The average molecular weight is 585 g/mol. The summed E-state index contributed by atoms with van der Waals surface area (Å²) in [6.45, 7) is 1.92. The molecule has 0 amide bonds. The van der Waals surface area contributed by atoms with Crippen molar-refractivity contribution >= 4 is 17.9 Å². The van der Waals surface area contributed by atoms with Crippen molar-refractivity contribution in [3.63, 3.8) is 0 Å². The second-order valence-corrected chi connectivity index (χ2v) is 8.97. The van der Waals surface area contributed by atoms with Crippen LogP contribution in [0.5, 0.6) is 34.5 Å². The fourth-order valence-corrected chi connectivity index (χ4v) is 3.82. The molecule has 0 unspecified atom stereocenters. The normalized spacial score (nSPS) is 10.9. The molecule has 224 valence electrons. The van der Waals surface area contributed by atoms with E-state index in [1.165, 1.54) is 75.9 Å². The van der Waals surface area contributed by atoms with E-state index in [4.69, 9.17) is 28.4 Å². The first-order valence-corrected chi connectivity index (χ1v) is 12.9. The van der Waals surface area contributed by atoms with Gasteiger partial charge in [0, 0.05) is 0 Å². The molecule has 12 nitrogen and oxygen atoms in total. The van der Waals surface area contributed by atoms with Crippen molar-refractivity contribution in [1.82, 2.24) is 0 Å². The molecule has 3 rings (SSSR count). The van der Waals surface area contributed by atoms with E-state index in [2.05, 4.69) is 0 Å². The maximum atomic E-state index is 13.4. The van der Waals surface area contributed by atoms with Crippen LogP contribution in [0.1, 0.15) is 63.7 Å². The molecule has 42 heavy (non-hydrogen) atoms. The molecule has 3 aromatic carbocycles. The first-order chi connectivity index (χ1) is 20.1. The molecule has 0 spiro atoms. The van der Waals surface area contributed by atoms with E-state index in [0.29, 0.717) is 12.8 Å². The van der Waals surface area contributed by atoms with Crippen molar-refractivity contribution in [2.45, 2.75) is 38.6 Å². The van der Waals surface area contributed by atoms with Gasteiger partial charge in [0.1, 0.15) is 0 Å². The summed E-state index contributed by atoms with van der Waals surface area (Å²) in [5, 5.41) is 29.8. The number of rotatable bonds is 13. The van der Waals surface area contributed by atoms with E-state index in [0.717, 1.165) is 6.42 Å². The van der Waals surface area contributed by atoms with Crippen molar-refractivity contribution < 1.29 is 58.1 Å². The van der Waals surface area contributed by atoms with Gasteiger partial charge in [0.2, 0.25) is 0 Å². The summed E-state index contributed by atoms with van der Waals surface area (Å²) in [4.78, 5) is 40.1. The van der Waals surface area contributed by atoms with E-state index in [-0.39, 0.29) is 57.6 Å². The predicted octanol–water partition coefficient (Wildman–Crippen LogP) is 4.93. The minimum absolute atomic E-state index is 0.0256. The van der Waals surface area contributed by atoms with Gasteiger partial charge < -0.3 is 43.7 Å². The van der Waals surface area contributed by atoms with Crippen LogP contribution in [-0.2, 0) is 14.2 Å². The van der Waals surface area contributed by atoms with Crippen molar-refractivity contribution in [2.75, 3.05) is 21.3 Å². The van der Waals surface area contributed by atoms with Gasteiger partial charge in [0.05, 0.1) is 44.4 Å². The molecule has 0 saturated heterocycles. The van der Waals surface area contributed by atoms with Gasteiger partial charge in [-0.05, 0) is 61.0 Å². The highest BCUT2D eigenvalue weighted by atomic mass is 16.9. The van der Waals surface area contributed by atoms with Crippen LogP contribution in [0.3, 0.4) is 0 Å². The Morgan fingerprint density at radius 3 is 1.21 bits per heavy atom. The van der Waals surface area contributed by atoms with Crippen LogP contribution in [-0.4, -0.2) is 60.5 Å². The molecule has 3 aromatic rings. The fourth-order valence-electron chi connectivity index (χ4n) is 3.82. The second kappa shape index (κ2) is 14.0. The molecular formula is C30H32O12. The average Bonchev–Trinajstić information content (AvgIpc) is 2.97. The van der Waals surface area contributed by atoms with Crippen LogP contribution in [0, 0.1) is 0 Å². The third-order valence-corrected chi connectivity index (χ3v) is 6.08. The van der Waals surface area contributed by atoms with Gasteiger partial charge in [-0.15, -0.1) is 0 Å². The van der Waals surface area contributed by atoms with E-state index in [1.807, 2.05) is 6.92 Å². The Balaban J connectivity index is 2.07. The third kappa shape index (κ3) is 7.53. The molecule has 0 fully saturated rings. The van der Waals surface area contributed by atoms with E-state index >= 15 is 0 Å². The van der Waals surface area contributed by atoms with E-state index < -0.39 is 23.9 Å². The van der Waals surface area contributed by atoms with Gasteiger partial charge in [0.15, 0.2) is 34.5 Å². The van der Waals surface area contributed by atoms with Gasteiger partial charge in [-0.25, -0.2) is 14.4 Å². The van der Waals surface area contributed by atoms with Crippen molar-refractivity contribution in [3.05, 3.63) is 71.3 Å². The third-order valence-electron chi connectivity index (χ3n) is 6.08. The van der Waals surface area contributed by atoms with Crippen molar-refractivity contribution in [2.24, 2.45) is 0 Å². The van der Waals surface area contributed by atoms with Crippen LogP contribution in [0.25, 0.3) is 0 Å². The number of unbranched alkanes of at least 4 members (excludes halogenated alkanes) is 2. The summed E-state index contributed by atoms with van der Waals surface area (Å²) < 4.78 is 32.1. The van der Waals surface area contributed by atoms with Gasteiger partial charge in [-0.3, -0.25) is 0 Å². The minimum Gasteiger partial charge on any atom is -0.504 e. The Morgan fingerprint density at radius 2 is 0.929 bits per heavy atom. The number of phenolic OH excluding ortho intramolecular Hbond substituents is 3. The lowest BCUT2D eigenvalue weighted by Gasteiger charge is -2.31. The Morgan fingerprint density at radius 1 is 0.595 bits per heavy atom. The number of phenols is 3. The zero-order chi connectivity index (χ0) is 30.9. The van der Waals surface area contributed by atoms with Crippen molar-refractivity contribution in [3.8, 4) is 34.5 Å². The Labute approximate surface area is 241 Å². The van der Waals surface area contributed by atoms with Gasteiger partial charge in [0.25, 0.3) is 0 Å². The topological polar surface area (TPSA) is 167 Å². The quantitative estimate of drug-likeness (QED) is 0.141. The van der Waals surface area contributed by atoms with Gasteiger partial charge >= 0.3 is 23.9 Å². The van der Waals surface area contributed by atoms with E-state index in [9.17, 15) is 29.7 Å². The molecular weight excluding hydrogens is 552 g/mol. The zero-order valence-electron chi connectivity index (χ0n) is 23.5.